The van der Waals surface area contributed by atoms with Gasteiger partial charge in [-0.25, -0.2) is 4.57 Å². The molecule has 8 heteroatoms. The summed E-state index contributed by atoms with van der Waals surface area (Å²) in [6.45, 7) is 1.86. The highest BCUT2D eigenvalue weighted by Crippen LogP contribution is 2.15. The Morgan fingerprint density at radius 3 is 2.60 bits per heavy atom. The third-order valence-electron chi connectivity index (χ3n) is 3.01. The number of nitrogens with one attached hydrogen (secondary N) is 1. The maximum Gasteiger partial charge on any atom is 0.323 e. The molecule has 2 N–H and O–H groups in total. The summed E-state index contributed by atoms with van der Waals surface area (Å²) in [6.07, 6.45) is 1.16. The molecule has 0 fully saturated rings. The van der Waals surface area contributed by atoms with E-state index in [0.717, 1.165) is 4.57 Å². The number of hydrogen-bond acceptors (Lipinski definition) is 4. The summed E-state index contributed by atoms with van der Waals surface area (Å²) < 4.78 is 1.16. The highest BCUT2D eigenvalue weighted by atomic mass is 16.6. The number of aliphatic carboxylic acids is 1. The van der Waals surface area contributed by atoms with E-state index in [0.29, 0.717) is 12.8 Å². The van der Waals surface area contributed by atoms with Gasteiger partial charge in [-0.3, -0.25) is 9.59 Å². The highest BCUT2D eigenvalue weighted by Gasteiger charge is 2.22. The molecular weight excluding hydrogens is 266 g/mol. The molecule has 0 saturated heterocycles. The van der Waals surface area contributed by atoms with Gasteiger partial charge in [0.25, 0.3) is 5.91 Å². The molecule has 1 aromatic rings. The first-order valence-electron chi connectivity index (χ1n) is 6.19. The maximum absolute atomic E-state index is 11.9. The van der Waals surface area contributed by atoms with Crippen molar-refractivity contribution in [2.75, 3.05) is 6.54 Å². The van der Waals surface area contributed by atoms with Crippen molar-refractivity contribution >= 4 is 17.7 Å². The second kappa shape index (κ2) is 6.69. The monoisotopic (exact) mass is 283 g/mol. The Morgan fingerprint density at radius 2 is 2.15 bits per heavy atom. The molecule has 0 radical (unpaired) electrons. The van der Waals surface area contributed by atoms with Crippen molar-refractivity contribution in [2.24, 2.45) is 13.0 Å². The lowest BCUT2D eigenvalue weighted by Crippen LogP contribution is -2.33. The minimum atomic E-state index is -0.968. The van der Waals surface area contributed by atoms with Crippen LogP contribution in [0.25, 0.3) is 0 Å². The molecule has 110 valence electrons. The fraction of sp³-hybridized carbons (Fsp3) is 0.500. The first-order chi connectivity index (χ1) is 9.38. The summed E-state index contributed by atoms with van der Waals surface area (Å²) in [5, 5.41) is 22.1. The molecule has 1 heterocycles. The van der Waals surface area contributed by atoms with E-state index in [-0.39, 0.29) is 18.1 Å². The SMILES string of the molecule is CCCC(CNC(=O)c1ccc([N+](=O)[O-])n1C)C(=O)O. The molecular formula is C12H17N3O5. The van der Waals surface area contributed by atoms with Crippen LogP contribution in [0.2, 0.25) is 0 Å². The predicted octanol–water partition coefficient (Wildman–Crippen LogP) is 1.16. The third-order valence-corrected chi connectivity index (χ3v) is 3.01. The number of carbonyl (C=O) groups is 2. The standard InChI is InChI=1S/C12H17N3O5/c1-3-4-8(12(17)18)7-13-11(16)9-5-6-10(14(9)2)15(19)20/h5-6,8H,3-4,7H2,1-2H3,(H,13,16)(H,17,18). The largest absolute Gasteiger partial charge is 0.481 e. The number of nitro groups is 1. The van der Waals surface area contributed by atoms with Gasteiger partial charge < -0.3 is 20.5 Å². The minimum Gasteiger partial charge on any atom is -0.481 e. The van der Waals surface area contributed by atoms with E-state index in [9.17, 15) is 19.7 Å². The van der Waals surface area contributed by atoms with Crippen molar-refractivity contribution in [3.63, 3.8) is 0 Å². The fourth-order valence-electron chi connectivity index (χ4n) is 1.88. The summed E-state index contributed by atoms with van der Waals surface area (Å²) in [5.41, 5.74) is 0.123. The average molecular weight is 283 g/mol. The van der Waals surface area contributed by atoms with E-state index >= 15 is 0 Å². The Bertz CT molecular complexity index is 523. The van der Waals surface area contributed by atoms with Gasteiger partial charge >= 0.3 is 11.8 Å². The molecule has 0 spiro atoms. The quantitative estimate of drug-likeness (QED) is 0.575. The molecule has 1 unspecified atom stereocenters. The lowest BCUT2D eigenvalue weighted by molar-refractivity contribution is -0.391. The molecule has 1 atom stereocenters. The Balaban J connectivity index is 2.72. The fourth-order valence-corrected chi connectivity index (χ4v) is 1.88. The molecule has 20 heavy (non-hydrogen) atoms. The van der Waals surface area contributed by atoms with Gasteiger partial charge in [0.15, 0.2) is 5.69 Å². The van der Waals surface area contributed by atoms with Crippen molar-refractivity contribution in [2.45, 2.75) is 19.8 Å². The smallest absolute Gasteiger partial charge is 0.323 e. The van der Waals surface area contributed by atoms with Gasteiger partial charge in [-0.1, -0.05) is 13.3 Å². The van der Waals surface area contributed by atoms with Crippen molar-refractivity contribution < 1.29 is 19.6 Å². The van der Waals surface area contributed by atoms with E-state index in [2.05, 4.69) is 5.32 Å². The van der Waals surface area contributed by atoms with Crippen LogP contribution in [0.4, 0.5) is 5.82 Å². The zero-order valence-electron chi connectivity index (χ0n) is 11.3. The topological polar surface area (TPSA) is 114 Å². The molecule has 0 aliphatic rings. The van der Waals surface area contributed by atoms with Crippen molar-refractivity contribution in [1.82, 2.24) is 9.88 Å². The van der Waals surface area contributed by atoms with E-state index in [1.807, 2.05) is 6.92 Å². The third kappa shape index (κ3) is 3.56. The molecule has 0 saturated carbocycles. The lowest BCUT2D eigenvalue weighted by atomic mass is 10.0. The normalized spacial score (nSPS) is 11.9. The predicted molar refractivity (Wildman–Crippen MR) is 70.4 cm³/mol. The molecule has 1 rings (SSSR count). The van der Waals surface area contributed by atoms with Crippen LogP contribution in [-0.4, -0.2) is 33.0 Å². The summed E-state index contributed by atoms with van der Waals surface area (Å²) in [6, 6.07) is 2.57. The average Bonchev–Trinajstić information content (AvgIpc) is 2.75. The van der Waals surface area contributed by atoms with Crippen LogP contribution in [0.1, 0.15) is 30.3 Å². The summed E-state index contributed by atoms with van der Waals surface area (Å²) >= 11 is 0. The second-order valence-electron chi connectivity index (χ2n) is 4.43. The summed E-state index contributed by atoms with van der Waals surface area (Å²) in [7, 11) is 1.41. The van der Waals surface area contributed by atoms with Crippen LogP contribution in [0.5, 0.6) is 0 Å². The second-order valence-corrected chi connectivity index (χ2v) is 4.43. The maximum atomic E-state index is 11.9. The molecule has 8 nitrogen and oxygen atoms in total. The number of amides is 1. The number of rotatable bonds is 7. The van der Waals surface area contributed by atoms with Crippen LogP contribution in [0.15, 0.2) is 12.1 Å². The summed E-state index contributed by atoms with van der Waals surface area (Å²) in [5.74, 6) is -2.34. The number of carbonyl (C=O) groups excluding carboxylic acids is 1. The number of aromatic nitrogens is 1. The first-order valence-corrected chi connectivity index (χ1v) is 6.19. The molecule has 0 aliphatic heterocycles. The van der Waals surface area contributed by atoms with E-state index in [1.54, 1.807) is 0 Å². The van der Waals surface area contributed by atoms with Gasteiger partial charge in [0, 0.05) is 12.6 Å². The van der Waals surface area contributed by atoms with Gasteiger partial charge in [-0.05, 0) is 17.4 Å². The zero-order valence-corrected chi connectivity index (χ0v) is 11.3. The number of carboxylic acids is 1. The van der Waals surface area contributed by atoms with Crippen molar-refractivity contribution in [1.29, 1.82) is 0 Å². The van der Waals surface area contributed by atoms with Crippen molar-refractivity contribution in [3.8, 4) is 0 Å². The van der Waals surface area contributed by atoms with Gasteiger partial charge in [-0.15, -0.1) is 0 Å². The van der Waals surface area contributed by atoms with E-state index in [1.165, 1.54) is 19.2 Å². The molecule has 0 aromatic carbocycles. The van der Waals surface area contributed by atoms with Crippen LogP contribution >= 0.6 is 0 Å². The Hall–Kier alpha value is -2.38. The lowest BCUT2D eigenvalue weighted by Gasteiger charge is -2.11. The van der Waals surface area contributed by atoms with Crippen molar-refractivity contribution in [3.05, 3.63) is 27.9 Å². The Labute approximate surface area is 115 Å². The number of nitrogens with zero attached hydrogens (tertiary/aromatic N) is 2. The molecule has 1 amide bonds. The Morgan fingerprint density at radius 1 is 1.50 bits per heavy atom. The van der Waals surface area contributed by atoms with E-state index < -0.39 is 22.7 Å². The number of hydrogen-bond donors (Lipinski definition) is 2. The van der Waals surface area contributed by atoms with Gasteiger partial charge in [-0.2, -0.15) is 0 Å². The summed E-state index contributed by atoms with van der Waals surface area (Å²) in [4.78, 5) is 32.9. The zero-order chi connectivity index (χ0) is 15.3. The molecule has 0 aliphatic carbocycles. The Kier molecular flexibility index (Phi) is 5.24. The minimum absolute atomic E-state index is 0.000976. The van der Waals surface area contributed by atoms with Gasteiger partial charge in [0.2, 0.25) is 0 Å². The van der Waals surface area contributed by atoms with E-state index in [4.69, 9.17) is 5.11 Å². The highest BCUT2D eigenvalue weighted by molar-refractivity contribution is 5.93. The van der Waals surface area contributed by atoms with Crippen LogP contribution in [-0.2, 0) is 11.8 Å². The van der Waals surface area contributed by atoms with Crippen LogP contribution in [0.3, 0.4) is 0 Å². The number of carboxylic acid groups (broad SMARTS) is 1. The van der Waals surface area contributed by atoms with Crippen LogP contribution < -0.4 is 5.32 Å². The van der Waals surface area contributed by atoms with Gasteiger partial charge in [0.05, 0.1) is 13.0 Å². The van der Waals surface area contributed by atoms with Gasteiger partial charge in [0.1, 0.15) is 0 Å². The first kappa shape index (κ1) is 15.7. The molecule has 0 bridgehead atoms. The van der Waals surface area contributed by atoms with Crippen LogP contribution in [0, 0.1) is 16.0 Å². The molecule has 1 aromatic heterocycles.